The Morgan fingerprint density at radius 3 is 1.53 bits per heavy atom. The summed E-state index contributed by atoms with van der Waals surface area (Å²) >= 11 is 0. The Labute approximate surface area is 173 Å². The Balaban J connectivity index is 0.00000124. The molecule has 0 saturated heterocycles. The molecule has 30 heavy (non-hydrogen) atoms. The Hall–Kier alpha value is -3.28. The molecule has 0 aliphatic carbocycles. The minimum Gasteiger partial charge on any atom is -0.269 e. The van der Waals surface area contributed by atoms with Gasteiger partial charge in [-0.2, -0.15) is 0 Å². The van der Waals surface area contributed by atoms with Crippen LogP contribution in [0.1, 0.15) is 46.6 Å². The molecule has 0 fully saturated rings. The molecule has 0 spiro atoms. The molecule has 0 unspecified atom stereocenters. The number of fused-ring (bicyclic) bond motifs is 2. The van der Waals surface area contributed by atoms with Crippen LogP contribution < -0.4 is 22.2 Å². The second kappa shape index (κ2) is 7.52. The van der Waals surface area contributed by atoms with Gasteiger partial charge in [0.1, 0.15) is 0 Å². The van der Waals surface area contributed by atoms with Crippen LogP contribution >= 0.6 is 0 Å². The zero-order valence-corrected chi connectivity index (χ0v) is 18.2. The second-order valence-electron chi connectivity index (χ2n) is 7.84. The van der Waals surface area contributed by atoms with Gasteiger partial charge in [0.15, 0.2) is 0 Å². The Bertz CT molecular complexity index is 1370. The highest BCUT2D eigenvalue weighted by Crippen LogP contribution is 2.20. The van der Waals surface area contributed by atoms with Crippen molar-refractivity contribution in [2.45, 2.75) is 53.5 Å². The SMILES string of the molecule is CC.CCC(C)(C)n1c(=O)c2cc3c(=O)n(-c4ccc(C)cc4)c(=O)c3cc2c1=O. The minimum atomic E-state index is -0.653. The first-order valence-electron chi connectivity index (χ1n) is 10.2. The van der Waals surface area contributed by atoms with Crippen molar-refractivity contribution >= 4 is 21.5 Å². The third-order valence-corrected chi connectivity index (χ3v) is 5.65. The van der Waals surface area contributed by atoms with Crippen molar-refractivity contribution in [3.05, 3.63) is 83.4 Å². The van der Waals surface area contributed by atoms with Gasteiger partial charge < -0.3 is 0 Å². The molecule has 0 N–H and O–H groups in total. The molecule has 0 amide bonds. The summed E-state index contributed by atoms with van der Waals surface area (Å²) in [4.78, 5) is 51.6. The fraction of sp³-hybridized carbons (Fsp3) is 0.333. The van der Waals surface area contributed by atoms with Crippen LogP contribution in [0.15, 0.2) is 55.6 Å². The summed E-state index contributed by atoms with van der Waals surface area (Å²) in [6, 6.07) is 9.82. The second-order valence-corrected chi connectivity index (χ2v) is 7.84. The lowest BCUT2D eigenvalue weighted by Crippen LogP contribution is -2.40. The van der Waals surface area contributed by atoms with Crippen molar-refractivity contribution in [1.82, 2.24) is 9.13 Å². The van der Waals surface area contributed by atoms with Crippen LogP contribution in [0.4, 0.5) is 0 Å². The molecule has 156 valence electrons. The summed E-state index contributed by atoms with van der Waals surface area (Å²) < 4.78 is 2.31. The summed E-state index contributed by atoms with van der Waals surface area (Å²) in [5, 5.41) is 0.664. The molecule has 0 bridgehead atoms. The first-order valence-corrected chi connectivity index (χ1v) is 10.2. The highest BCUT2D eigenvalue weighted by atomic mass is 16.2. The van der Waals surface area contributed by atoms with Gasteiger partial charge in [-0.15, -0.1) is 0 Å². The van der Waals surface area contributed by atoms with E-state index in [0.29, 0.717) is 12.1 Å². The van der Waals surface area contributed by atoms with E-state index < -0.39 is 27.8 Å². The average molecular weight is 406 g/mol. The fourth-order valence-electron chi connectivity index (χ4n) is 3.61. The summed E-state index contributed by atoms with van der Waals surface area (Å²) in [5.74, 6) is 0. The Kier molecular flexibility index (Phi) is 5.37. The van der Waals surface area contributed by atoms with Crippen LogP contribution in [0.25, 0.3) is 27.2 Å². The standard InChI is InChI=1S/C22H20N2O4.C2H6/c1-5-22(3,4)24-20(27)16-10-14-15(11-17(16)21(24)28)19(26)23(18(14)25)13-8-6-12(2)7-9-13;1-2/h6-11H,5H2,1-4H3;1-2H3. The molecule has 2 aromatic heterocycles. The van der Waals surface area contributed by atoms with Gasteiger partial charge in [-0.25, -0.2) is 4.57 Å². The van der Waals surface area contributed by atoms with Gasteiger partial charge in [-0.1, -0.05) is 38.5 Å². The maximum atomic E-state index is 12.9. The first kappa shape index (κ1) is 21.4. The summed E-state index contributed by atoms with van der Waals surface area (Å²) in [6.45, 7) is 11.4. The molecule has 6 nitrogen and oxygen atoms in total. The zero-order valence-electron chi connectivity index (χ0n) is 18.2. The minimum absolute atomic E-state index is 0.154. The van der Waals surface area contributed by atoms with Gasteiger partial charge in [-0.05, 0) is 51.5 Å². The molecule has 6 heteroatoms. The highest BCUT2D eigenvalue weighted by Gasteiger charge is 2.27. The van der Waals surface area contributed by atoms with E-state index in [4.69, 9.17) is 0 Å². The van der Waals surface area contributed by atoms with Crippen molar-refractivity contribution in [2.24, 2.45) is 0 Å². The van der Waals surface area contributed by atoms with Crippen LogP contribution in [0.2, 0.25) is 0 Å². The van der Waals surface area contributed by atoms with Gasteiger partial charge in [0.05, 0.1) is 27.2 Å². The van der Waals surface area contributed by atoms with E-state index in [-0.39, 0.29) is 21.5 Å². The largest absolute Gasteiger partial charge is 0.269 e. The summed E-state index contributed by atoms with van der Waals surface area (Å²) in [6.07, 6.45) is 0.594. The quantitative estimate of drug-likeness (QED) is 0.523. The Morgan fingerprint density at radius 1 is 0.733 bits per heavy atom. The van der Waals surface area contributed by atoms with Gasteiger partial charge >= 0.3 is 0 Å². The van der Waals surface area contributed by atoms with Gasteiger partial charge in [0.2, 0.25) is 0 Å². The number of rotatable bonds is 3. The summed E-state index contributed by atoms with van der Waals surface area (Å²) in [5.41, 5.74) is -1.01. The molecule has 2 heterocycles. The van der Waals surface area contributed by atoms with E-state index in [1.165, 1.54) is 16.7 Å². The number of hydrogen-bond donors (Lipinski definition) is 0. The van der Waals surface area contributed by atoms with Crippen molar-refractivity contribution in [1.29, 1.82) is 0 Å². The third-order valence-electron chi connectivity index (χ3n) is 5.65. The maximum absolute atomic E-state index is 12.9. The average Bonchev–Trinajstić information content (AvgIpc) is 3.13. The van der Waals surface area contributed by atoms with Gasteiger partial charge in [0, 0.05) is 5.54 Å². The number of nitrogens with zero attached hydrogens (tertiary/aromatic N) is 2. The highest BCUT2D eigenvalue weighted by molar-refractivity contribution is 5.98. The molecule has 0 atom stereocenters. The van der Waals surface area contributed by atoms with E-state index in [1.54, 1.807) is 12.1 Å². The molecule has 0 aliphatic heterocycles. The van der Waals surface area contributed by atoms with Gasteiger partial charge in [-0.3, -0.25) is 23.7 Å². The molecule has 4 rings (SSSR count). The molecule has 0 saturated carbocycles. The lowest BCUT2D eigenvalue weighted by atomic mass is 10.0. The fourth-order valence-corrected chi connectivity index (χ4v) is 3.61. The molecule has 0 aliphatic rings. The van der Waals surface area contributed by atoms with E-state index in [1.807, 2.05) is 53.7 Å². The molecule has 4 aromatic rings. The number of aromatic nitrogens is 2. The summed E-state index contributed by atoms with van der Waals surface area (Å²) in [7, 11) is 0. The monoisotopic (exact) mass is 406 g/mol. The predicted molar refractivity (Wildman–Crippen MR) is 122 cm³/mol. The zero-order chi connectivity index (χ0) is 22.4. The lowest BCUT2D eigenvalue weighted by Gasteiger charge is -2.22. The van der Waals surface area contributed by atoms with Crippen molar-refractivity contribution in [3.8, 4) is 5.69 Å². The molecule has 0 radical (unpaired) electrons. The van der Waals surface area contributed by atoms with Crippen LogP contribution in [-0.4, -0.2) is 9.13 Å². The van der Waals surface area contributed by atoms with Crippen LogP contribution in [0.3, 0.4) is 0 Å². The number of benzene rings is 2. The topological polar surface area (TPSA) is 78.1 Å². The third kappa shape index (κ3) is 3.03. The number of hydrogen-bond acceptors (Lipinski definition) is 4. The smallest absolute Gasteiger partial charge is 0.266 e. The first-order chi connectivity index (χ1) is 14.2. The lowest BCUT2D eigenvalue weighted by molar-refractivity contribution is 0.328. The molecule has 2 aromatic carbocycles. The molecular weight excluding hydrogens is 380 g/mol. The van der Waals surface area contributed by atoms with E-state index in [2.05, 4.69) is 0 Å². The van der Waals surface area contributed by atoms with Crippen molar-refractivity contribution in [2.75, 3.05) is 0 Å². The Morgan fingerprint density at radius 2 is 1.13 bits per heavy atom. The van der Waals surface area contributed by atoms with Crippen molar-refractivity contribution in [3.63, 3.8) is 0 Å². The van der Waals surface area contributed by atoms with E-state index >= 15 is 0 Å². The maximum Gasteiger partial charge on any atom is 0.266 e. The van der Waals surface area contributed by atoms with Crippen LogP contribution in [0, 0.1) is 6.92 Å². The molecular formula is C24H26N2O4. The predicted octanol–water partition coefficient (Wildman–Crippen LogP) is 3.38. The van der Waals surface area contributed by atoms with Crippen molar-refractivity contribution < 1.29 is 0 Å². The van der Waals surface area contributed by atoms with Gasteiger partial charge in [0.25, 0.3) is 22.2 Å². The van der Waals surface area contributed by atoms with Crippen LogP contribution in [-0.2, 0) is 5.54 Å². The van der Waals surface area contributed by atoms with E-state index in [9.17, 15) is 19.2 Å². The van der Waals surface area contributed by atoms with E-state index in [0.717, 1.165) is 10.1 Å². The normalized spacial score (nSPS) is 11.7. The van der Waals surface area contributed by atoms with Crippen LogP contribution in [0.5, 0.6) is 0 Å². The number of aryl methyl sites for hydroxylation is 1.